The van der Waals surface area contributed by atoms with Crippen LogP contribution in [0.1, 0.15) is 22.0 Å². The Morgan fingerprint density at radius 3 is 2.75 bits per heavy atom. The van der Waals surface area contributed by atoms with Crippen LogP contribution in [0.15, 0.2) is 47.5 Å². The minimum Gasteiger partial charge on any atom is -0.479 e. The zero-order chi connectivity index (χ0) is 17.3. The molecule has 0 radical (unpaired) electrons. The van der Waals surface area contributed by atoms with Crippen molar-refractivity contribution in [2.45, 2.75) is 6.04 Å². The van der Waals surface area contributed by atoms with Gasteiger partial charge < -0.3 is 10.4 Å². The minimum absolute atomic E-state index is 0.0321. The zero-order valence-electron chi connectivity index (χ0n) is 12.1. The average Bonchev–Trinajstić information content (AvgIpc) is 2.98. The topological polar surface area (TPSA) is 117 Å². The fourth-order valence-electron chi connectivity index (χ4n) is 2.27. The van der Waals surface area contributed by atoms with E-state index in [0.29, 0.717) is 0 Å². The Bertz CT molecular complexity index is 994. The Labute approximate surface area is 133 Å². The van der Waals surface area contributed by atoms with E-state index in [4.69, 9.17) is 0 Å². The van der Waals surface area contributed by atoms with Crippen LogP contribution in [0.4, 0.5) is 4.39 Å². The summed E-state index contributed by atoms with van der Waals surface area (Å²) in [6, 6.07) is 4.87. The fourth-order valence-corrected chi connectivity index (χ4v) is 2.27. The van der Waals surface area contributed by atoms with E-state index in [2.05, 4.69) is 15.4 Å². The molecule has 3 N–H and O–H groups in total. The van der Waals surface area contributed by atoms with Gasteiger partial charge in [-0.2, -0.15) is 0 Å². The van der Waals surface area contributed by atoms with Crippen molar-refractivity contribution < 1.29 is 19.1 Å². The normalized spacial score (nSPS) is 12.0. The third-order valence-electron chi connectivity index (χ3n) is 3.41. The summed E-state index contributed by atoms with van der Waals surface area (Å²) in [7, 11) is 0. The van der Waals surface area contributed by atoms with E-state index < -0.39 is 29.3 Å². The fraction of sp³-hybridized carbons (Fsp3) is 0.0667. The molecule has 3 aromatic rings. The van der Waals surface area contributed by atoms with Crippen LogP contribution < -0.4 is 10.9 Å². The number of nitrogens with zero attached hydrogens (tertiary/aromatic N) is 2. The molecule has 0 bridgehead atoms. The van der Waals surface area contributed by atoms with Gasteiger partial charge in [0.1, 0.15) is 11.4 Å². The molecule has 1 aromatic carbocycles. The molecule has 2 aromatic heterocycles. The number of fused-ring (bicyclic) bond motifs is 1. The molecule has 1 unspecified atom stereocenters. The van der Waals surface area contributed by atoms with Gasteiger partial charge in [0.15, 0.2) is 11.7 Å². The number of carboxylic acids is 1. The summed E-state index contributed by atoms with van der Waals surface area (Å²) in [5, 5.41) is 14.1. The molecule has 1 atom stereocenters. The zero-order valence-corrected chi connectivity index (χ0v) is 12.1. The second-order valence-electron chi connectivity index (χ2n) is 4.90. The van der Waals surface area contributed by atoms with E-state index in [1.807, 2.05) is 0 Å². The molecule has 0 aliphatic carbocycles. The Kier molecular flexibility index (Phi) is 3.82. The van der Waals surface area contributed by atoms with Crippen molar-refractivity contribution in [3.63, 3.8) is 0 Å². The number of hydrogen-bond donors (Lipinski definition) is 3. The number of H-pyrrole nitrogens is 1. The van der Waals surface area contributed by atoms with Gasteiger partial charge in [-0.25, -0.2) is 18.7 Å². The van der Waals surface area contributed by atoms with Crippen molar-refractivity contribution >= 4 is 17.5 Å². The maximum atomic E-state index is 13.8. The van der Waals surface area contributed by atoms with Gasteiger partial charge in [0.2, 0.25) is 0 Å². The van der Waals surface area contributed by atoms with Gasteiger partial charge in [0, 0.05) is 24.0 Å². The smallest absolute Gasteiger partial charge is 0.331 e. The highest BCUT2D eigenvalue weighted by atomic mass is 19.1. The van der Waals surface area contributed by atoms with Gasteiger partial charge in [0.25, 0.3) is 11.5 Å². The number of nitrogens with one attached hydrogen (secondary N) is 2. The lowest BCUT2D eigenvalue weighted by molar-refractivity contribution is -0.139. The number of rotatable bonds is 4. The predicted molar refractivity (Wildman–Crippen MR) is 80.1 cm³/mol. The number of benzene rings is 1. The Morgan fingerprint density at radius 2 is 2.04 bits per heavy atom. The first-order valence-corrected chi connectivity index (χ1v) is 6.82. The molecule has 0 fully saturated rings. The molecule has 0 saturated heterocycles. The number of amides is 1. The first kappa shape index (κ1) is 15.4. The van der Waals surface area contributed by atoms with Crippen LogP contribution in [-0.4, -0.2) is 31.6 Å². The molecular formula is C15H11FN4O4. The number of hydrogen-bond acceptors (Lipinski definition) is 4. The van der Waals surface area contributed by atoms with E-state index >= 15 is 0 Å². The lowest BCUT2D eigenvalue weighted by Gasteiger charge is -2.15. The quantitative estimate of drug-likeness (QED) is 0.651. The van der Waals surface area contributed by atoms with E-state index in [0.717, 1.165) is 10.6 Å². The highest BCUT2D eigenvalue weighted by molar-refractivity contribution is 6.01. The molecule has 0 aliphatic heterocycles. The van der Waals surface area contributed by atoms with Crippen molar-refractivity contribution in [2.75, 3.05) is 0 Å². The number of carbonyl (C=O) groups excluding carboxylic acids is 1. The van der Waals surface area contributed by atoms with Crippen LogP contribution in [0.5, 0.6) is 0 Å². The number of aliphatic carboxylic acids is 1. The number of aromatic nitrogens is 3. The summed E-state index contributed by atoms with van der Waals surface area (Å²) >= 11 is 0. The van der Waals surface area contributed by atoms with Crippen molar-refractivity contribution in [1.29, 1.82) is 0 Å². The molecule has 0 aliphatic rings. The summed E-state index contributed by atoms with van der Waals surface area (Å²) in [6.07, 6.45) is 2.45. The SMILES string of the molecule is O=C(NC(C(=O)O)c1ccccc1F)c1c[nH]n2c(=O)ccnc12. The maximum absolute atomic E-state index is 13.8. The van der Waals surface area contributed by atoms with Gasteiger partial charge in [-0.1, -0.05) is 18.2 Å². The standard InChI is InChI=1S/C15H11FN4O4/c16-10-4-2-1-3-8(10)12(15(23)24)19-14(22)9-7-18-20-11(21)5-6-17-13(9)20/h1-7,12,18H,(H,19,22)(H,23,24). The number of halogens is 1. The third kappa shape index (κ3) is 2.62. The number of carboxylic acid groups (broad SMARTS) is 1. The first-order valence-electron chi connectivity index (χ1n) is 6.82. The summed E-state index contributed by atoms with van der Waals surface area (Å²) < 4.78 is 14.9. The van der Waals surface area contributed by atoms with E-state index in [-0.39, 0.29) is 16.8 Å². The molecule has 122 valence electrons. The molecular weight excluding hydrogens is 319 g/mol. The molecule has 2 heterocycles. The molecule has 9 heteroatoms. The van der Waals surface area contributed by atoms with Gasteiger partial charge >= 0.3 is 5.97 Å². The van der Waals surface area contributed by atoms with Gasteiger partial charge in [-0.05, 0) is 6.07 Å². The average molecular weight is 330 g/mol. The van der Waals surface area contributed by atoms with Crippen LogP contribution in [0, 0.1) is 5.82 Å². The van der Waals surface area contributed by atoms with Crippen LogP contribution >= 0.6 is 0 Å². The monoisotopic (exact) mass is 330 g/mol. The lowest BCUT2D eigenvalue weighted by Crippen LogP contribution is -2.34. The van der Waals surface area contributed by atoms with Gasteiger partial charge in [-0.15, -0.1) is 0 Å². The predicted octanol–water partition coefficient (Wildman–Crippen LogP) is 0.717. The van der Waals surface area contributed by atoms with E-state index in [9.17, 15) is 23.9 Å². The third-order valence-corrected chi connectivity index (χ3v) is 3.41. The van der Waals surface area contributed by atoms with Crippen LogP contribution in [0.3, 0.4) is 0 Å². The number of carbonyl (C=O) groups is 2. The molecule has 1 amide bonds. The molecule has 8 nitrogen and oxygen atoms in total. The highest BCUT2D eigenvalue weighted by Crippen LogP contribution is 2.18. The second kappa shape index (κ2) is 5.95. The summed E-state index contributed by atoms with van der Waals surface area (Å²) in [5.41, 5.74) is -0.598. The minimum atomic E-state index is -1.58. The van der Waals surface area contributed by atoms with Crippen LogP contribution in [0.25, 0.3) is 5.65 Å². The van der Waals surface area contributed by atoms with E-state index in [1.54, 1.807) is 0 Å². The summed E-state index contributed by atoms with van der Waals surface area (Å²) in [4.78, 5) is 39.3. The van der Waals surface area contributed by atoms with E-state index in [1.165, 1.54) is 36.7 Å². The van der Waals surface area contributed by atoms with Gasteiger partial charge in [-0.3, -0.25) is 14.7 Å². The second-order valence-corrected chi connectivity index (χ2v) is 4.90. The largest absolute Gasteiger partial charge is 0.479 e. The molecule has 24 heavy (non-hydrogen) atoms. The highest BCUT2D eigenvalue weighted by Gasteiger charge is 2.26. The van der Waals surface area contributed by atoms with Crippen molar-refractivity contribution in [3.05, 3.63) is 70.0 Å². The molecule has 3 rings (SSSR count). The van der Waals surface area contributed by atoms with Gasteiger partial charge in [0.05, 0.1) is 0 Å². The number of aromatic amines is 1. The van der Waals surface area contributed by atoms with Crippen molar-refractivity contribution in [1.82, 2.24) is 19.9 Å². The Hall–Kier alpha value is -3.49. The Balaban J connectivity index is 1.97. The van der Waals surface area contributed by atoms with Crippen LogP contribution in [-0.2, 0) is 4.79 Å². The summed E-state index contributed by atoms with van der Waals surface area (Å²) in [5.74, 6) is -2.97. The maximum Gasteiger partial charge on any atom is 0.331 e. The summed E-state index contributed by atoms with van der Waals surface area (Å²) in [6.45, 7) is 0. The molecule has 0 spiro atoms. The van der Waals surface area contributed by atoms with Crippen molar-refractivity contribution in [3.8, 4) is 0 Å². The lowest BCUT2D eigenvalue weighted by atomic mass is 10.1. The molecule has 0 saturated carbocycles. The Morgan fingerprint density at radius 1 is 1.29 bits per heavy atom. The first-order chi connectivity index (χ1) is 11.5. The van der Waals surface area contributed by atoms with Crippen LogP contribution in [0.2, 0.25) is 0 Å². The van der Waals surface area contributed by atoms with Crippen molar-refractivity contribution in [2.24, 2.45) is 0 Å².